The first-order chi connectivity index (χ1) is 12.7. The highest BCUT2D eigenvalue weighted by Crippen LogP contribution is 2.13. The van der Waals surface area contributed by atoms with Crippen LogP contribution in [-0.4, -0.2) is 55.2 Å². The van der Waals surface area contributed by atoms with Crippen LogP contribution in [0.1, 0.15) is 26.8 Å². The second-order valence-electron chi connectivity index (χ2n) is 5.69. The SMILES string of the molecule is CN=C(NCCNC(=O)c1scnc1C)NCC(CO)c1ccccc1. The first-order valence-electron chi connectivity index (χ1n) is 8.44. The van der Waals surface area contributed by atoms with E-state index in [0.717, 1.165) is 11.3 Å². The highest BCUT2D eigenvalue weighted by atomic mass is 32.1. The van der Waals surface area contributed by atoms with E-state index in [9.17, 15) is 9.90 Å². The fourth-order valence-electron chi connectivity index (χ4n) is 2.41. The molecule has 0 bridgehead atoms. The molecule has 7 nitrogen and oxygen atoms in total. The van der Waals surface area contributed by atoms with Gasteiger partial charge >= 0.3 is 0 Å². The van der Waals surface area contributed by atoms with Crippen molar-refractivity contribution < 1.29 is 9.90 Å². The molecular weight excluding hydrogens is 350 g/mol. The number of nitrogens with one attached hydrogen (secondary N) is 3. The minimum absolute atomic E-state index is 0.0104. The van der Waals surface area contributed by atoms with Crippen LogP contribution in [0.2, 0.25) is 0 Å². The zero-order chi connectivity index (χ0) is 18.8. The zero-order valence-electron chi connectivity index (χ0n) is 15.0. The smallest absolute Gasteiger partial charge is 0.263 e. The number of carbonyl (C=O) groups is 1. The molecule has 1 atom stereocenters. The number of aromatic nitrogens is 1. The lowest BCUT2D eigenvalue weighted by atomic mass is 10.0. The van der Waals surface area contributed by atoms with Gasteiger partial charge < -0.3 is 21.1 Å². The lowest BCUT2D eigenvalue weighted by Gasteiger charge is -2.18. The highest BCUT2D eigenvalue weighted by Gasteiger charge is 2.12. The van der Waals surface area contributed by atoms with Crippen molar-refractivity contribution in [3.8, 4) is 0 Å². The van der Waals surface area contributed by atoms with Gasteiger partial charge in [-0.05, 0) is 12.5 Å². The molecule has 0 saturated carbocycles. The van der Waals surface area contributed by atoms with Gasteiger partial charge in [-0.3, -0.25) is 9.79 Å². The summed E-state index contributed by atoms with van der Waals surface area (Å²) in [5.74, 6) is 0.505. The summed E-state index contributed by atoms with van der Waals surface area (Å²) in [5, 5.41) is 18.8. The number of hydrogen-bond acceptors (Lipinski definition) is 5. The Kier molecular flexibility index (Phi) is 8.04. The number of guanidine groups is 1. The molecule has 1 heterocycles. The number of carbonyl (C=O) groups excluding carboxylic acids is 1. The van der Waals surface area contributed by atoms with Crippen molar-refractivity contribution in [2.24, 2.45) is 4.99 Å². The fraction of sp³-hybridized carbons (Fsp3) is 0.389. The number of thiazole rings is 1. The number of benzene rings is 1. The monoisotopic (exact) mass is 375 g/mol. The predicted octanol–water partition coefficient (Wildman–Crippen LogP) is 1.12. The second-order valence-corrected chi connectivity index (χ2v) is 6.55. The molecule has 140 valence electrons. The average Bonchev–Trinajstić information content (AvgIpc) is 3.10. The Morgan fingerprint density at radius 1 is 1.23 bits per heavy atom. The zero-order valence-corrected chi connectivity index (χ0v) is 15.8. The summed E-state index contributed by atoms with van der Waals surface area (Å²) >= 11 is 1.33. The number of aliphatic imine (C=N–C) groups is 1. The normalized spacial score (nSPS) is 12.5. The van der Waals surface area contributed by atoms with E-state index in [2.05, 4.69) is 25.9 Å². The van der Waals surface area contributed by atoms with Gasteiger partial charge in [0.2, 0.25) is 0 Å². The first kappa shape index (κ1) is 19.9. The average molecular weight is 375 g/mol. The van der Waals surface area contributed by atoms with Crippen LogP contribution in [0.15, 0.2) is 40.8 Å². The van der Waals surface area contributed by atoms with Gasteiger partial charge in [0, 0.05) is 32.6 Å². The summed E-state index contributed by atoms with van der Waals surface area (Å²) in [6.45, 7) is 3.45. The van der Waals surface area contributed by atoms with E-state index in [0.29, 0.717) is 30.5 Å². The number of nitrogens with zero attached hydrogens (tertiary/aromatic N) is 2. The van der Waals surface area contributed by atoms with Gasteiger partial charge in [-0.1, -0.05) is 30.3 Å². The maximum absolute atomic E-state index is 12.0. The van der Waals surface area contributed by atoms with Gasteiger partial charge in [0.25, 0.3) is 5.91 Å². The molecule has 0 aliphatic rings. The van der Waals surface area contributed by atoms with Crippen LogP contribution in [-0.2, 0) is 0 Å². The molecule has 1 aromatic heterocycles. The Hall–Kier alpha value is -2.45. The van der Waals surface area contributed by atoms with E-state index >= 15 is 0 Å². The standard InChI is InChI=1S/C18H25N5O2S/c1-13-16(26-12-23-13)17(25)20-8-9-21-18(19-2)22-10-15(11-24)14-6-4-3-5-7-14/h3-7,12,15,24H,8-11H2,1-2H3,(H,20,25)(H2,19,21,22). The van der Waals surface area contributed by atoms with E-state index in [1.54, 1.807) is 12.6 Å². The minimum Gasteiger partial charge on any atom is -0.396 e. The van der Waals surface area contributed by atoms with E-state index in [1.165, 1.54) is 11.3 Å². The van der Waals surface area contributed by atoms with Gasteiger partial charge in [0.1, 0.15) is 4.88 Å². The number of aryl methyl sites for hydroxylation is 1. The van der Waals surface area contributed by atoms with Gasteiger partial charge in [-0.2, -0.15) is 0 Å². The molecule has 26 heavy (non-hydrogen) atoms. The molecule has 2 rings (SSSR count). The Morgan fingerprint density at radius 2 is 1.96 bits per heavy atom. The summed E-state index contributed by atoms with van der Waals surface area (Å²) in [5.41, 5.74) is 3.48. The van der Waals surface area contributed by atoms with E-state index < -0.39 is 0 Å². The molecule has 0 aliphatic carbocycles. The summed E-state index contributed by atoms with van der Waals surface area (Å²) in [6.07, 6.45) is 0. The first-order valence-corrected chi connectivity index (χ1v) is 9.32. The molecule has 0 fully saturated rings. The van der Waals surface area contributed by atoms with Crippen molar-refractivity contribution in [1.82, 2.24) is 20.9 Å². The van der Waals surface area contributed by atoms with Crippen LogP contribution in [0.5, 0.6) is 0 Å². The van der Waals surface area contributed by atoms with Crippen molar-refractivity contribution in [3.05, 3.63) is 52.0 Å². The second kappa shape index (κ2) is 10.5. The number of aliphatic hydroxyl groups is 1. The van der Waals surface area contributed by atoms with Crippen molar-refractivity contribution in [2.75, 3.05) is 33.3 Å². The molecule has 1 aromatic carbocycles. The minimum atomic E-state index is -0.112. The lowest BCUT2D eigenvalue weighted by Crippen LogP contribution is -2.43. The molecule has 0 saturated heterocycles. The molecular formula is C18H25N5O2S. The highest BCUT2D eigenvalue weighted by molar-refractivity contribution is 7.11. The lowest BCUT2D eigenvalue weighted by molar-refractivity contribution is 0.0957. The van der Waals surface area contributed by atoms with Crippen molar-refractivity contribution in [3.63, 3.8) is 0 Å². The number of rotatable bonds is 8. The van der Waals surface area contributed by atoms with Crippen LogP contribution in [0.3, 0.4) is 0 Å². The molecule has 2 aromatic rings. The number of amides is 1. The number of aliphatic hydroxyl groups excluding tert-OH is 1. The Labute approximate surface area is 157 Å². The molecule has 0 radical (unpaired) electrons. The van der Waals surface area contributed by atoms with Gasteiger partial charge in [0.15, 0.2) is 5.96 Å². The van der Waals surface area contributed by atoms with Crippen LogP contribution in [0, 0.1) is 6.92 Å². The maximum atomic E-state index is 12.0. The molecule has 8 heteroatoms. The van der Waals surface area contributed by atoms with E-state index in [-0.39, 0.29) is 18.4 Å². The third-order valence-corrected chi connectivity index (χ3v) is 4.81. The van der Waals surface area contributed by atoms with Crippen LogP contribution in [0.25, 0.3) is 0 Å². The van der Waals surface area contributed by atoms with E-state index in [1.807, 2.05) is 37.3 Å². The van der Waals surface area contributed by atoms with Crippen molar-refractivity contribution in [1.29, 1.82) is 0 Å². The van der Waals surface area contributed by atoms with Gasteiger partial charge in [0.05, 0.1) is 17.8 Å². The molecule has 1 amide bonds. The van der Waals surface area contributed by atoms with Crippen LogP contribution < -0.4 is 16.0 Å². The summed E-state index contributed by atoms with van der Waals surface area (Å²) in [6, 6.07) is 9.86. The summed E-state index contributed by atoms with van der Waals surface area (Å²) in [7, 11) is 1.69. The van der Waals surface area contributed by atoms with Crippen LogP contribution >= 0.6 is 11.3 Å². The largest absolute Gasteiger partial charge is 0.396 e. The maximum Gasteiger partial charge on any atom is 0.263 e. The summed E-state index contributed by atoms with van der Waals surface area (Å²) < 4.78 is 0. The molecule has 1 unspecified atom stereocenters. The molecule has 0 spiro atoms. The topological polar surface area (TPSA) is 98.6 Å². The quantitative estimate of drug-likeness (QED) is 0.315. The number of hydrogen-bond donors (Lipinski definition) is 4. The predicted molar refractivity (Wildman–Crippen MR) is 105 cm³/mol. The Bertz CT molecular complexity index is 717. The summed E-state index contributed by atoms with van der Waals surface area (Å²) in [4.78, 5) is 20.9. The Morgan fingerprint density at radius 3 is 2.58 bits per heavy atom. The molecule has 4 N–H and O–H groups in total. The van der Waals surface area contributed by atoms with Gasteiger partial charge in [-0.15, -0.1) is 11.3 Å². The van der Waals surface area contributed by atoms with Crippen molar-refractivity contribution in [2.45, 2.75) is 12.8 Å². The third kappa shape index (κ3) is 5.82. The Balaban J connectivity index is 1.72. The van der Waals surface area contributed by atoms with Crippen LogP contribution in [0.4, 0.5) is 0 Å². The van der Waals surface area contributed by atoms with E-state index in [4.69, 9.17) is 0 Å². The third-order valence-electron chi connectivity index (χ3n) is 3.89. The molecule has 0 aliphatic heterocycles. The van der Waals surface area contributed by atoms with Crippen molar-refractivity contribution >= 4 is 23.2 Å². The fourth-order valence-corrected chi connectivity index (χ4v) is 3.13. The van der Waals surface area contributed by atoms with Gasteiger partial charge in [-0.25, -0.2) is 4.98 Å².